The second kappa shape index (κ2) is 11.8. The van der Waals surface area contributed by atoms with Crippen molar-refractivity contribution < 1.29 is 28.7 Å². The minimum atomic E-state index is -0.976. The van der Waals surface area contributed by atoms with Gasteiger partial charge in [-0.3, -0.25) is 34.5 Å². The van der Waals surface area contributed by atoms with E-state index in [1.165, 1.54) is 24.9 Å². The third-order valence-corrected chi connectivity index (χ3v) is 10.2. The molecule has 1 spiro atoms. The van der Waals surface area contributed by atoms with Crippen molar-refractivity contribution in [1.29, 1.82) is 0 Å². The Kier molecular flexibility index (Phi) is 7.77. The van der Waals surface area contributed by atoms with Crippen molar-refractivity contribution in [1.82, 2.24) is 30.0 Å². The molecule has 0 radical (unpaired) electrons. The van der Waals surface area contributed by atoms with E-state index in [9.17, 15) is 19.2 Å². The van der Waals surface area contributed by atoms with E-state index in [2.05, 4.69) is 26.0 Å². The lowest BCUT2D eigenvalue weighted by atomic mass is 9.86. The van der Waals surface area contributed by atoms with Gasteiger partial charge in [-0.15, -0.1) is 11.8 Å². The quantitative estimate of drug-likeness (QED) is 0.145. The van der Waals surface area contributed by atoms with Gasteiger partial charge in [-0.05, 0) is 44.0 Å². The van der Waals surface area contributed by atoms with Gasteiger partial charge >= 0.3 is 0 Å². The van der Waals surface area contributed by atoms with Gasteiger partial charge in [0.15, 0.2) is 10.7 Å². The van der Waals surface area contributed by atoms with Gasteiger partial charge in [0.05, 0.1) is 24.4 Å². The van der Waals surface area contributed by atoms with E-state index in [0.717, 1.165) is 5.56 Å². The first-order valence-corrected chi connectivity index (χ1v) is 16.4. The van der Waals surface area contributed by atoms with Gasteiger partial charge in [0.1, 0.15) is 29.2 Å². The summed E-state index contributed by atoms with van der Waals surface area (Å²) in [6, 6.07) is 11.7. The van der Waals surface area contributed by atoms with Crippen LogP contribution in [-0.2, 0) is 22.6 Å². The van der Waals surface area contributed by atoms with E-state index >= 15 is 0 Å². The Bertz CT molecular complexity index is 1950. The summed E-state index contributed by atoms with van der Waals surface area (Å²) in [5.74, 6) is -0.274. The van der Waals surface area contributed by atoms with E-state index in [-0.39, 0.29) is 35.4 Å². The third kappa shape index (κ3) is 5.23. The zero-order valence-electron chi connectivity index (χ0n) is 26.0. The van der Waals surface area contributed by atoms with Gasteiger partial charge in [0.2, 0.25) is 17.8 Å². The molecule has 4 heterocycles. The average Bonchev–Trinajstić information content (AvgIpc) is 3.42. The number of anilines is 1. The molecule has 15 heteroatoms. The summed E-state index contributed by atoms with van der Waals surface area (Å²) >= 11 is 1.43. The van der Waals surface area contributed by atoms with Crippen LogP contribution >= 0.6 is 11.8 Å². The molecule has 1 aliphatic carbocycles. The molecule has 7 rings (SSSR count). The zero-order valence-corrected chi connectivity index (χ0v) is 26.8. The number of carbonyl (C=O) groups excluding carboxylic acids is 4. The molecule has 47 heavy (non-hydrogen) atoms. The van der Waals surface area contributed by atoms with Gasteiger partial charge < -0.3 is 25.1 Å². The largest absolute Gasteiger partial charge is 0.494 e. The van der Waals surface area contributed by atoms with Crippen LogP contribution < -0.4 is 26.4 Å². The average molecular weight is 659 g/mol. The number of amides is 3. The Morgan fingerprint density at radius 1 is 1.23 bits per heavy atom. The first-order chi connectivity index (χ1) is 22.6. The van der Waals surface area contributed by atoms with Crippen LogP contribution in [0.25, 0.3) is 11.0 Å². The number of Topliss-reactive ketones (excluding diaryl/α,β-unsaturated/α-hetero) is 1. The molecule has 2 saturated heterocycles. The van der Waals surface area contributed by atoms with Crippen LogP contribution in [0.5, 0.6) is 5.75 Å². The maximum Gasteiger partial charge on any atom is 0.276 e. The number of ether oxygens (including phenoxy) is 2. The second-order valence-corrected chi connectivity index (χ2v) is 13.0. The molecule has 2 aromatic heterocycles. The molecule has 4 aromatic rings. The van der Waals surface area contributed by atoms with E-state index in [0.29, 0.717) is 65.5 Å². The SMILES string of the molecule is CCn1nc(C)cc1C(=O)Nc1nc2cc(C(N)=O)cc(OC)c2n1CCCNC(=O)[C@H]1CSC2(N1)C(=O)c1ccccc1C1OC12. The maximum atomic E-state index is 13.5. The fourth-order valence-electron chi connectivity index (χ4n) is 6.48. The first kappa shape index (κ1) is 30.9. The van der Waals surface area contributed by atoms with Crippen molar-refractivity contribution in [3.05, 3.63) is 70.5 Å². The minimum absolute atomic E-state index is 0.0562. The van der Waals surface area contributed by atoms with Crippen molar-refractivity contribution in [3.63, 3.8) is 0 Å². The molecule has 0 saturated carbocycles. The molecule has 5 N–H and O–H groups in total. The molecule has 3 amide bonds. The molecule has 2 fully saturated rings. The highest BCUT2D eigenvalue weighted by atomic mass is 32.2. The fraction of sp³-hybridized carbons (Fsp3) is 0.375. The lowest BCUT2D eigenvalue weighted by Crippen LogP contribution is -2.57. The number of aryl methyl sites for hydroxylation is 3. The number of nitrogens with two attached hydrogens (primary N) is 1. The number of nitrogens with zero attached hydrogens (tertiary/aromatic N) is 4. The number of thioether (sulfide) groups is 1. The number of nitrogens with one attached hydrogen (secondary N) is 3. The summed E-state index contributed by atoms with van der Waals surface area (Å²) < 4.78 is 14.9. The summed E-state index contributed by atoms with van der Waals surface area (Å²) in [5, 5.41) is 13.5. The van der Waals surface area contributed by atoms with Crippen molar-refractivity contribution >= 4 is 52.2 Å². The number of rotatable bonds is 10. The van der Waals surface area contributed by atoms with Crippen molar-refractivity contribution in [2.75, 3.05) is 24.7 Å². The van der Waals surface area contributed by atoms with Crippen LogP contribution in [0.3, 0.4) is 0 Å². The molecular formula is C32H34N8O6S. The lowest BCUT2D eigenvalue weighted by molar-refractivity contribution is -0.122. The molecule has 244 valence electrons. The van der Waals surface area contributed by atoms with Gasteiger partial charge in [0, 0.05) is 36.5 Å². The number of ketones is 1. The van der Waals surface area contributed by atoms with Gasteiger partial charge in [0.25, 0.3) is 5.91 Å². The predicted octanol–water partition coefficient (Wildman–Crippen LogP) is 2.16. The highest BCUT2D eigenvalue weighted by molar-refractivity contribution is 8.01. The highest BCUT2D eigenvalue weighted by Gasteiger charge is 2.67. The predicted molar refractivity (Wildman–Crippen MR) is 174 cm³/mol. The topological polar surface area (TPSA) is 188 Å². The Labute approximate surface area is 273 Å². The van der Waals surface area contributed by atoms with Crippen LogP contribution in [-0.4, -0.2) is 79.3 Å². The number of benzene rings is 2. The summed E-state index contributed by atoms with van der Waals surface area (Å²) in [6.45, 7) is 4.86. The second-order valence-electron chi connectivity index (χ2n) is 11.7. The molecule has 0 bridgehead atoms. The zero-order chi connectivity index (χ0) is 33.0. The number of aromatic nitrogens is 4. The summed E-state index contributed by atoms with van der Waals surface area (Å²) in [7, 11) is 1.47. The third-order valence-electron chi connectivity index (χ3n) is 8.75. The van der Waals surface area contributed by atoms with Gasteiger partial charge in [-0.2, -0.15) is 5.10 Å². The van der Waals surface area contributed by atoms with E-state index in [1.54, 1.807) is 21.4 Å². The van der Waals surface area contributed by atoms with Gasteiger partial charge in [-0.25, -0.2) is 4.98 Å². The number of hydrogen-bond acceptors (Lipinski definition) is 10. The fourth-order valence-corrected chi connectivity index (χ4v) is 7.95. The van der Waals surface area contributed by atoms with Gasteiger partial charge in [-0.1, -0.05) is 24.3 Å². The van der Waals surface area contributed by atoms with E-state index in [1.807, 2.05) is 38.1 Å². The van der Waals surface area contributed by atoms with Crippen LogP contribution in [0, 0.1) is 6.92 Å². The Morgan fingerprint density at radius 3 is 2.81 bits per heavy atom. The summed E-state index contributed by atoms with van der Waals surface area (Å²) in [4.78, 5) is 55.8. The first-order valence-electron chi connectivity index (χ1n) is 15.4. The van der Waals surface area contributed by atoms with E-state index < -0.39 is 22.7 Å². The number of epoxide rings is 1. The minimum Gasteiger partial charge on any atom is -0.494 e. The number of fused-ring (bicyclic) bond motifs is 5. The van der Waals surface area contributed by atoms with Crippen LogP contribution in [0.1, 0.15) is 61.9 Å². The normalized spacial score (nSPS) is 22.6. The lowest BCUT2D eigenvalue weighted by Gasteiger charge is -2.30. The molecular weight excluding hydrogens is 624 g/mol. The summed E-state index contributed by atoms with van der Waals surface area (Å²) in [6.07, 6.45) is 0.0200. The molecule has 3 aliphatic rings. The maximum absolute atomic E-state index is 13.5. The Balaban J connectivity index is 1.06. The highest BCUT2D eigenvalue weighted by Crippen LogP contribution is 2.57. The van der Waals surface area contributed by atoms with Crippen LogP contribution in [0.4, 0.5) is 5.95 Å². The smallest absolute Gasteiger partial charge is 0.276 e. The Hall–Kier alpha value is -4.73. The number of imidazole rings is 1. The van der Waals surface area contributed by atoms with Crippen LogP contribution in [0.15, 0.2) is 42.5 Å². The molecule has 4 atom stereocenters. The molecule has 14 nitrogen and oxygen atoms in total. The summed E-state index contributed by atoms with van der Waals surface area (Å²) in [5.41, 5.74) is 9.35. The standard InChI is InChI=1S/C32H34N8O6S/c1-4-40-22(12-16(2)38-40)30(44)36-31-35-20-13-17(28(33)42)14-23(45-3)24(20)39(31)11-7-10-34-29(43)21-15-47-32(37-21)26(41)19-9-6-5-8-18(19)25-27(32)46-25/h5-6,8-9,12-14,21,25,27,37H,4,7,10-11,15H2,1-3H3,(H2,33,42)(H,34,43)(H,35,36,44)/t21-,25?,27?,32?/m1/s1. The number of methoxy groups -OCH3 is 1. The molecule has 2 aliphatic heterocycles. The molecule has 3 unspecified atom stereocenters. The molecule has 2 aromatic carbocycles. The van der Waals surface area contributed by atoms with Crippen molar-refractivity contribution in [2.24, 2.45) is 5.73 Å². The monoisotopic (exact) mass is 658 g/mol. The van der Waals surface area contributed by atoms with Crippen molar-refractivity contribution in [2.45, 2.75) is 56.5 Å². The van der Waals surface area contributed by atoms with Crippen LogP contribution in [0.2, 0.25) is 0 Å². The number of carbonyl (C=O) groups is 4. The number of primary amides is 1. The number of hydrogen-bond donors (Lipinski definition) is 4. The Morgan fingerprint density at radius 2 is 2.04 bits per heavy atom. The van der Waals surface area contributed by atoms with Crippen molar-refractivity contribution in [3.8, 4) is 5.75 Å². The van der Waals surface area contributed by atoms with E-state index in [4.69, 9.17) is 15.2 Å².